The number of carbonyl (C=O) groups is 1. The Balaban J connectivity index is 2.00. The Labute approximate surface area is 185 Å². The first-order valence-corrected chi connectivity index (χ1v) is 10.4. The molecule has 170 valence electrons. The topological polar surface area (TPSA) is 66.9 Å². The Kier molecular flexibility index (Phi) is 6.71. The second kappa shape index (κ2) is 9.14. The van der Waals surface area contributed by atoms with Crippen molar-refractivity contribution in [2.45, 2.75) is 52.3 Å². The summed E-state index contributed by atoms with van der Waals surface area (Å²) in [5.41, 5.74) is 2.58. The van der Waals surface area contributed by atoms with Crippen molar-refractivity contribution in [2.75, 3.05) is 12.4 Å². The minimum absolute atomic E-state index is 0.0191. The van der Waals surface area contributed by atoms with E-state index in [9.17, 15) is 18.0 Å². The summed E-state index contributed by atoms with van der Waals surface area (Å²) < 4.78 is 39.4. The lowest BCUT2D eigenvalue weighted by molar-refractivity contribution is -0.137. The summed E-state index contributed by atoms with van der Waals surface area (Å²) in [5, 5.41) is 6.67. The minimum Gasteiger partial charge on any atom is -0.363 e. The molecule has 32 heavy (non-hydrogen) atoms. The van der Waals surface area contributed by atoms with E-state index in [0.29, 0.717) is 23.6 Å². The monoisotopic (exact) mass is 444 g/mol. The summed E-state index contributed by atoms with van der Waals surface area (Å²) in [6.45, 7) is 7.53. The van der Waals surface area contributed by atoms with Gasteiger partial charge in [-0.3, -0.25) is 4.79 Å². The lowest BCUT2D eigenvalue weighted by Crippen LogP contribution is -2.19. The highest BCUT2D eigenvalue weighted by Gasteiger charge is 2.30. The highest BCUT2D eigenvalue weighted by atomic mass is 19.4. The minimum atomic E-state index is -4.40. The molecule has 0 bridgehead atoms. The van der Waals surface area contributed by atoms with Gasteiger partial charge in [-0.25, -0.2) is 9.97 Å². The number of anilines is 1. The summed E-state index contributed by atoms with van der Waals surface area (Å²) in [6.07, 6.45) is -4.06. The zero-order chi connectivity index (χ0) is 23.6. The van der Waals surface area contributed by atoms with Gasteiger partial charge in [0.15, 0.2) is 0 Å². The van der Waals surface area contributed by atoms with Crippen LogP contribution in [0, 0.1) is 13.8 Å². The van der Waals surface area contributed by atoms with E-state index in [0.717, 1.165) is 34.2 Å². The van der Waals surface area contributed by atoms with Gasteiger partial charge in [0, 0.05) is 24.9 Å². The van der Waals surface area contributed by atoms with Crippen molar-refractivity contribution in [3.05, 3.63) is 64.5 Å². The number of benzene rings is 2. The van der Waals surface area contributed by atoms with Crippen LogP contribution < -0.4 is 10.6 Å². The van der Waals surface area contributed by atoms with Crippen LogP contribution in [0.2, 0.25) is 0 Å². The summed E-state index contributed by atoms with van der Waals surface area (Å²) in [5.74, 6) is 1.04. The maximum Gasteiger partial charge on any atom is 0.416 e. The van der Waals surface area contributed by atoms with Gasteiger partial charge in [-0.1, -0.05) is 19.1 Å². The molecule has 0 saturated heterocycles. The number of hydrogen-bond donors (Lipinski definition) is 2. The van der Waals surface area contributed by atoms with E-state index >= 15 is 0 Å². The van der Waals surface area contributed by atoms with Gasteiger partial charge in [0.1, 0.15) is 11.6 Å². The fourth-order valence-electron chi connectivity index (χ4n) is 3.82. The number of rotatable bonds is 6. The molecule has 8 heteroatoms. The van der Waals surface area contributed by atoms with Crippen molar-refractivity contribution in [3.8, 4) is 0 Å². The lowest BCUT2D eigenvalue weighted by Gasteiger charge is -2.20. The molecule has 1 heterocycles. The van der Waals surface area contributed by atoms with E-state index < -0.39 is 17.8 Å². The molecule has 2 aromatic carbocycles. The maximum atomic E-state index is 13.1. The molecule has 1 unspecified atom stereocenters. The molecule has 0 saturated carbocycles. The van der Waals surface area contributed by atoms with E-state index in [2.05, 4.69) is 20.6 Å². The lowest BCUT2D eigenvalue weighted by atomic mass is 9.92. The van der Waals surface area contributed by atoms with Crippen LogP contribution in [-0.2, 0) is 11.0 Å². The van der Waals surface area contributed by atoms with Crippen LogP contribution in [-0.4, -0.2) is 22.9 Å². The largest absolute Gasteiger partial charge is 0.416 e. The zero-order valence-electron chi connectivity index (χ0n) is 18.8. The van der Waals surface area contributed by atoms with Gasteiger partial charge in [-0.05, 0) is 67.6 Å². The average Bonchev–Trinajstić information content (AvgIpc) is 2.72. The summed E-state index contributed by atoms with van der Waals surface area (Å²) >= 11 is 0. The number of hydrogen-bond acceptors (Lipinski definition) is 4. The van der Waals surface area contributed by atoms with Crippen LogP contribution >= 0.6 is 0 Å². The van der Waals surface area contributed by atoms with Crippen molar-refractivity contribution in [2.24, 2.45) is 0 Å². The summed E-state index contributed by atoms with van der Waals surface area (Å²) in [4.78, 5) is 20.9. The number of aryl methyl sites for hydroxylation is 2. The van der Waals surface area contributed by atoms with Crippen LogP contribution in [0.25, 0.3) is 10.9 Å². The van der Waals surface area contributed by atoms with E-state index in [-0.39, 0.29) is 11.8 Å². The van der Waals surface area contributed by atoms with Crippen LogP contribution in [0.3, 0.4) is 0 Å². The first-order chi connectivity index (χ1) is 15.0. The zero-order valence-corrected chi connectivity index (χ0v) is 18.8. The van der Waals surface area contributed by atoms with Crippen LogP contribution in [0.15, 0.2) is 36.4 Å². The SMILES string of the molecule is CNC(=O)CC(C)c1cc2c(N[C@H](C)c3cccc(C(F)(F)F)c3)nc(C)nc2cc1C. The number of amides is 1. The first-order valence-electron chi connectivity index (χ1n) is 10.4. The number of halogens is 3. The van der Waals surface area contributed by atoms with E-state index in [1.54, 1.807) is 27.0 Å². The third-order valence-electron chi connectivity index (χ3n) is 5.56. The third-order valence-corrected chi connectivity index (χ3v) is 5.56. The van der Waals surface area contributed by atoms with Gasteiger partial charge in [0.05, 0.1) is 11.1 Å². The number of nitrogens with one attached hydrogen (secondary N) is 2. The highest BCUT2D eigenvalue weighted by Crippen LogP contribution is 2.33. The van der Waals surface area contributed by atoms with Crippen molar-refractivity contribution in [1.29, 1.82) is 0 Å². The quantitative estimate of drug-likeness (QED) is 0.514. The molecule has 0 radical (unpaired) electrons. The van der Waals surface area contributed by atoms with E-state index in [1.165, 1.54) is 6.07 Å². The Morgan fingerprint density at radius 1 is 1.09 bits per heavy atom. The molecule has 3 aromatic rings. The molecular weight excluding hydrogens is 417 g/mol. The van der Waals surface area contributed by atoms with Gasteiger partial charge in [-0.15, -0.1) is 0 Å². The normalized spacial score (nSPS) is 13.6. The van der Waals surface area contributed by atoms with Gasteiger partial charge >= 0.3 is 6.18 Å². The van der Waals surface area contributed by atoms with Crippen molar-refractivity contribution in [3.63, 3.8) is 0 Å². The van der Waals surface area contributed by atoms with Crippen LogP contribution in [0.4, 0.5) is 19.0 Å². The third kappa shape index (κ3) is 5.18. The molecule has 0 aliphatic rings. The number of alkyl halides is 3. The number of aromatic nitrogens is 2. The Bertz CT molecular complexity index is 1140. The molecule has 0 aliphatic heterocycles. The molecule has 2 atom stereocenters. The number of fused-ring (bicyclic) bond motifs is 1. The highest BCUT2D eigenvalue weighted by molar-refractivity contribution is 5.90. The molecule has 0 aliphatic carbocycles. The molecule has 5 nitrogen and oxygen atoms in total. The molecular formula is C24H27F3N4O. The first kappa shape index (κ1) is 23.5. The standard InChI is InChI=1S/C24H27F3N4O/c1-13-9-21-20(12-19(13)14(2)10-22(32)28-5)23(31-16(4)30-21)29-15(3)17-7-6-8-18(11-17)24(25,26)27/h6-9,11-12,14-15H,10H2,1-5H3,(H,28,32)(H,29,30,31)/t14?,15-/m1/s1. The molecule has 2 N–H and O–H groups in total. The molecule has 1 aromatic heterocycles. The predicted molar refractivity (Wildman–Crippen MR) is 120 cm³/mol. The van der Waals surface area contributed by atoms with Crippen LogP contribution in [0.5, 0.6) is 0 Å². The Morgan fingerprint density at radius 2 is 1.81 bits per heavy atom. The predicted octanol–water partition coefficient (Wildman–Crippen LogP) is 5.68. The van der Waals surface area contributed by atoms with Crippen molar-refractivity contribution < 1.29 is 18.0 Å². The number of carbonyl (C=O) groups excluding carboxylic acids is 1. The average molecular weight is 445 g/mol. The molecule has 0 fully saturated rings. The molecule has 1 amide bonds. The second-order valence-corrected chi connectivity index (χ2v) is 8.11. The Hall–Kier alpha value is -3.16. The smallest absolute Gasteiger partial charge is 0.363 e. The number of nitrogens with zero attached hydrogens (tertiary/aromatic N) is 2. The van der Waals surface area contributed by atoms with E-state index in [4.69, 9.17) is 0 Å². The maximum absolute atomic E-state index is 13.1. The van der Waals surface area contributed by atoms with Gasteiger partial charge in [0.25, 0.3) is 0 Å². The summed E-state index contributed by atoms with van der Waals surface area (Å²) in [7, 11) is 1.61. The fourth-order valence-corrected chi connectivity index (χ4v) is 3.82. The van der Waals surface area contributed by atoms with Gasteiger partial charge in [-0.2, -0.15) is 13.2 Å². The van der Waals surface area contributed by atoms with Crippen molar-refractivity contribution in [1.82, 2.24) is 15.3 Å². The second-order valence-electron chi connectivity index (χ2n) is 8.11. The molecule has 3 rings (SSSR count). The fraction of sp³-hybridized carbons (Fsp3) is 0.375. The van der Waals surface area contributed by atoms with Gasteiger partial charge in [0.2, 0.25) is 5.91 Å². The summed E-state index contributed by atoms with van der Waals surface area (Å²) in [6, 6.07) is 8.78. The van der Waals surface area contributed by atoms with Gasteiger partial charge < -0.3 is 10.6 Å². The Morgan fingerprint density at radius 3 is 2.47 bits per heavy atom. The van der Waals surface area contributed by atoms with Crippen molar-refractivity contribution >= 4 is 22.6 Å². The van der Waals surface area contributed by atoms with Crippen LogP contribution in [0.1, 0.15) is 60.3 Å². The van der Waals surface area contributed by atoms with E-state index in [1.807, 2.05) is 26.0 Å². The molecule has 0 spiro atoms.